The van der Waals surface area contributed by atoms with Crippen LogP contribution in [-0.2, 0) is 13.1 Å². The first-order valence-corrected chi connectivity index (χ1v) is 7.00. The van der Waals surface area contributed by atoms with Crippen molar-refractivity contribution in [3.05, 3.63) is 72.2 Å². The Morgan fingerprint density at radius 1 is 0.818 bits per heavy atom. The van der Waals surface area contributed by atoms with Gasteiger partial charge >= 0.3 is 0 Å². The van der Waals surface area contributed by atoms with E-state index in [1.54, 1.807) is 18.6 Å². The molecule has 0 aliphatic carbocycles. The molecule has 0 aliphatic rings. The Morgan fingerprint density at radius 2 is 1.64 bits per heavy atom. The van der Waals surface area contributed by atoms with Gasteiger partial charge < -0.3 is 10.6 Å². The van der Waals surface area contributed by atoms with Crippen LogP contribution in [0.15, 0.2) is 61.1 Å². The molecule has 0 radical (unpaired) electrons. The van der Waals surface area contributed by atoms with Crippen molar-refractivity contribution >= 4 is 11.8 Å². The van der Waals surface area contributed by atoms with E-state index in [4.69, 9.17) is 0 Å². The van der Waals surface area contributed by atoms with E-state index in [0.29, 0.717) is 24.9 Å². The molecule has 2 aromatic heterocycles. The standard InChI is InChI=1S/C16H16N6/c1-2-5-13(6-3-1)10-18-15-12-20-22-16(21-15)19-11-14-7-4-8-17-9-14/h1-9,12H,10-11H2,(H2,18,19,21,22). The summed E-state index contributed by atoms with van der Waals surface area (Å²) in [6.45, 7) is 1.30. The van der Waals surface area contributed by atoms with Gasteiger partial charge in [-0.15, -0.1) is 5.10 Å². The van der Waals surface area contributed by atoms with E-state index in [0.717, 1.165) is 5.56 Å². The van der Waals surface area contributed by atoms with Gasteiger partial charge in [-0.25, -0.2) is 0 Å². The van der Waals surface area contributed by atoms with Crippen LogP contribution in [0.1, 0.15) is 11.1 Å². The number of nitrogens with zero attached hydrogens (tertiary/aromatic N) is 4. The van der Waals surface area contributed by atoms with Gasteiger partial charge in [0, 0.05) is 25.5 Å². The first kappa shape index (κ1) is 13.9. The fraction of sp³-hybridized carbons (Fsp3) is 0.125. The number of rotatable bonds is 6. The van der Waals surface area contributed by atoms with Crippen LogP contribution in [-0.4, -0.2) is 20.2 Å². The van der Waals surface area contributed by atoms with Crippen LogP contribution in [0.25, 0.3) is 0 Å². The van der Waals surface area contributed by atoms with Crippen molar-refractivity contribution in [3.63, 3.8) is 0 Å². The van der Waals surface area contributed by atoms with Crippen LogP contribution in [0.4, 0.5) is 11.8 Å². The summed E-state index contributed by atoms with van der Waals surface area (Å²) in [5.74, 6) is 1.18. The maximum absolute atomic E-state index is 4.39. The zero-order valence-electron chi connectivity index (χ0n) is 12.0. The van der Waals surface area contributed by atoms with E-state index in [9.17, 15) is 0 Å². The molecule has 3 aromatic rings. The summed E-state index contributed by atoms with van der Waals surface area (Å²) < 4.78 is 0. The highest BCUT2D eigenvalue weighted by molar-refractivity contribution is 5.38. The number of pyridine rings is 1. The molecule has 0 amide bonds. The first-order valence-electron chi connectivity index (χ1n) is 7.00. The average Bonchev–Trinajstić information content (AvgIpc) is 2.60. The third kappa shape index (κ3) is 3.99. The molecule has 2 heterocycles. The number of hydrogen-bond acceptors (Lipinski definition) is 6. The van der Waals surface area contributed by atoms with Crippen molar-refractivity contribution < 1.29 is 0 Å². The van der Waals surface area contributed by atoms with Crippen LogP contribution in [0.2, 0.25) is 0 Å². The highest BCUT2D eigenvalue weighted by atomic mass is 15.3. The van der Waals surface area contributed by atoms with E-state index in [-0.39, 0.29) is 0 Å². The highest BCUT2D eigenvalue weighted by Gasteiger charge is 2.01. The van der Waals surface area contributed by atoms with Gasteiger partial charge in [0.1, 0.15) is 0 Å². The molecule has 0 fully saturated rings. The Hall–Kier alpha value is -3.02. The molecule has 0 bridgehead atoms. The van der Waals surface area contributed by atoms with Crippen molar-refractivity contribution in [1.29, 1.82) is 0 Å². The third-order valence-corrected chi connectivity index (χ3v) is 3.05. The Balaban J connectivity index is 1.58. The van der Waals surface area contributed by atoms with Gasteiger partial charge in [0.25, 0.3) is 0 Å². The smallest absolute Gasteiger partial charge is 0.244 e. The molecule has 0 saturated carbocycles. The Labute approximate surface area is 128 Å². The van der Waals surface area contributed by atoms with Gasteiger partial charge in [-0.1, -0.05) is 36.4 Å². The first-order chi connectivity index (χ1) is 10.9. The number of anilines is 2. The summed E-state index contributed by atoms with van der Waals surface area (Å²) in [6.07, 6.45) is 5.16. The molecular weight excluding hydrogens is 276 g/mol. The fourth-order valence-corrected chi connectivity index (χ4v) is 1.94. The second kappa shape index (κ2) is 7.12. The summed E-state index contributed by atoms with van der Waals surface area (Å²) in [5.41, 5.74) is 2.25. The molecule has 22 heavy (non-hydrogen) atoms. The quantitative estimate of drug-likeness (QED) is 0.727. The zero-order valence-corrected chi connectivity index (χ0v) is 12.0. The number of benzene rings is 1. The minimum atomic E-state index is 0.488. The lowest BCUT2D eigenvalue weighted by molar-refractivity contribution is 0.935. The van der Waals surface area contributed by atoms with Crippen LogP contribution in [0, 0.1) is 0 Å². The highest BCUT2D eigenvalue weighted by Crippen LogP contribution is 2.08. The van der Waals surface area contributed by atoms with Crippen LogP contribution < -0.4 is 10.6 Å². The SMILES string of the molecule is c1ccc(CNc2cnnc(NCc3cccnc3)n2)cc1. The predicted molar refractivity (Wildman–Crippen MR) is 85.2 cm³/mol. The van der Waals surface area contributed by atoms with Gasteiger partial charge in [0.2, 0.25) is 5.95 Å². The number of hydrogen-bond donors (Lipinski definition) is 2. The molecular formula is C16H16N6. The summed E-state index contributed by atoms with van der Waals surface area (Å²) >= 11 is 0. The van der Waals surface area contributed by atoms with Gasteiger partial charge in [-0.2, -0.15) is 10.1 Å². The largest absolute Gasteiger partial charge is 0.365 e. The maximum Gasteiger partial charge on any atom is 0.244 e. The molecule has 0 unspecified atom stereocenters. The molecule has 0 saturated heterocycles. The van der Waals surface area contributed by atoms with Gasteiger partial charge in [0.05, 0.1) is 6.20 Å². The molecule has 0 aliphatic heterocycles. The lowest BCUT2D eigenvalue weighted by Crippen LogP contribution is -2.08. The van der Waals surface area contributed by atoms with Crippen LogP contribution >= 0.6 is 0 Å². The Kier molecular flexibility index (Phi) is 4.51. The molecule has 1 aromatic carbocycles. The minimum Gasteiger partial charge on any atom is -0.365 e. The van der Waals surface area contributed by atoms with E-state index in [1.807, 2.05) is 30.3 Å². The molecule has 6 nitrogen and oxygen atoms in total. The van der Waals surface area contributed by atoms with Crippen molar-refractivity contribution in [2.75, 3.05) is 10.6 Å². The topological polar surface area (TPSA) is 75.6 Å². The second-order valence-electron chi connectivity index (χ2n) is 4.72. The van der Waals surface area contributed by atoms with E-state index >= 15 is 0 Å². The summed E-state index contributed by atoms with van der Waals surface area (Å²) in [5, 5.41) is 14.3. The van der Waals surface area contributed by atoms with Crippen LogP contribution in [0.3, 0.4) is 0 Å². The number of nitrogens with one attached hydrogen (secondary N) is 2. The van der Waals surface area contributed by atoms with E-state index in [1.165, 1.54) is 5.56 Å². The molecule has 0 spiro atoms. The predicted octanol–water partition coefficient (Wildman–Crippen LogP) is 2.49. The van der Waals surface area contributed by atoms with Gasteiger partial charge in [0.15, 0.2) is 5.82 Å². The molecule has 0 atom stereocenters. The van der Waals surface area contributed by atoms with Crippen molar-refractivity contribution in [2.45, 2.75) is 13.1 Å². The summed E-state index contributed by atoms with van der Waals surface area (Å²) in [7, 11) is 0. The molecule has 2 N–H and O–H groups in total. The van der Waals surface area contributed by atoms with Crippen molar-refractivity contribution in [3.8, 4) is 0 Å². The normalized spacial score (nSPS) is 10.2. The lowest BCUT2D eigenvalue weighted by Gasteiger charge is -2.07. The molecule has 110 valence electrons. The maximum atomic E-state index is 4.39. The zero-order chi connectivity index (χ0) is 15.0. The Morgan fingerprint density at radius 3 is 2.45 bits per heavy atom. The third-order valence-electron chi connectivity index (χ3n) is 3.05. The lowest BCUT2D eigenvalue weighted by atomic mass is 10.2. The van der Waals surface area contributed by atoms with Gasteiger partial charge in [-0.05, 0) is 17.2 Å². The monoisotopic (exact) mass is 292 g/mol. The average molecular weight is 292 g/mol. The van der Waals surface area contributed by atoms with Crippen LogP contribution in [0.5, 0.6) is 0 Å². The molecule has 6 heteroatoms. The van der Waals surface area contributed by atoms with Crippen molar-refractivity contribution in [2.24, 2.45) is 0 Å². The van der Waals surface area contributed by atoms with E-state index in [2.05, 4.69) is 42.9 Å². The minimum absolute atomic E-state index is 0.488. The fourth-order valence-electron chi connectivity index (χ4n) is 1.94. The second-order valence-corrected chi connectivity index (χ2v) is 4.72. The summed E-state index contributed by atoms with van der Waals surface area (Å²) in [4.78, 5) is 8.46. The van der Waals surface area contributed by atoms with Crippen molar-refractivity contribution in [1.82, 2.24) is 20.2 Å². The summed E-state index contributed by atoms with van der Waals surface area (Å²) in [6, 6.07) is 14.0. The number of aromatic nitrogens is 4. The van der Waals surface area contributed by atoms with Gasteiger partial charge in [-0.3, -0.25) is 4.98 Å². The van der Waals surface area contributed by atoms with E-state index < -0.39 is 0 Å². The molecule has 3 rings (SSSR count). The Bertz CT molecular complexity index is 643.